The number of carbonyl (C=O) groups is 4. The van der Waals surface area contributed by atoms with Crippen LogP contribution in [0.1, 0.15) is 78.5 Å². The van der Waals surface area contributed by atoms with Crippen LogP contribution >= 0.6 is 11.6 Å². The van der Waals surface area contributed by atoms with Crippen molar-refractivity contribution < 1.29 is 42.9 Å². The van der Waals surface area contributed by atoms with Gasteiger partial charge < -0.3 is 34.3 Å². The van der Waals surface area contributed by atoms with E-state index in [0.29, 0.717) is 16.3 Å². The van der Waals surface area contributed by atoms with Crippen LogP contribution in [0.4, 0.5) is 0 Å². The van der Waals surface area contributed by atoms with E-state index in [9.17, 15) is 19.2 Å². The number of esters is 2. The van der Waals surface area contributed by atoms with Crippen molar-refractivity contribution in [1.82, 2.24) is 10.6 Å². The topological polar surface area (TPSA) is 138 Å². The second-order valence-corrected chi connectivity index (χ2v) is 15.2. The molecule has 51 heavy (non-hydrogen) atoms. The SMILES string of the molecule is COc1ccc(C[C@H]2NC(=O)/C=C/C[C@@H]([C@H](C)[C@H]3OC(C)(C)O[C@@H]3c3ccccc3)OC(=O)[C@H](CC(C)C)OC(=O)C(C)(C)CNC2=O)cc1Cl. The summed E-state index contributed by atoms with van der Waals surface area (Å²) in [5.41, 5.74) is 0.368. The number of hydrogen-bond donors (Lipinski definition) is 2. The molecule has 0 aliphatic carbocycles. The molecule has 2 aromatic rings. The molecule has 1 fully saturated rings. The second kappa shape index (κ2) is 17.1. The molecule has 11 nitrogen and oxygen atoms in total. The van der Waals surface area contributed by atoms with Gasteiger partial charge in [-0.25, -0.2) is 4.79 Å². The van der Waals surface area contributed by atoms with Crippen LogP contribution in [-0.4, -0.2) is 67.5 Å². The van der Waals surface area contributed by atoms with Gasteiger partial charge in [0, 0.05) is 25.3 Å². The minimum Gasteiger partial charge on any atom is -0.495 e. The minimum absolute atomic E-state index is 0.00901. The maximum absolute atomic E-state index is 13.8. The lowest BCUT2D eigenvalue weighted by Gasteiger charge is -2.32. The van der Waals surface area contributed by atoms with E-state index in [-0.39, 0.29) is 31.7 Å². The first-order valence-electron chi connectivity index (χ1n) is 17.4. The first-order valence-corrected chi connectivity index (χ1v) is 17.8. The fourth-order valence-electron chi connectivity index (χ4n) is 6.10. The third kappa shape index (κ3) is 10.8. The number of cyclic esters (lactones) is 2. The number of hydrogen-bond acceptors (Lipinski definition) is 9. The monoisotopic (exact) mass is 726 g/mol. The van der Waals surface area contributed by atoms with E-state index in [2.05, 4.69) is 10.6 Å². The molecule has 0 aromatic heterocycles. The normalized spacial score (nSPS) is 27.1. The van der Waals surface area contributed by atoms with Gasteiger partial charge in [0.2, 0.25) is 11.8 Å². The molecule has 2 amide bonds. The highest BCUT2D eigenvalue weighted by Gasteiger charge is 2.47. The fraction of sp³-hybridized carbons (Fsp3) is 0.538. The number of methoxy groups -OCH3 is 1. The van der Waals surface area contributed by atoms with Crippen molar-refractivity contribution in [2.75, 3.05) is 13.7 Å². The second-order valence-electron chi connectivity index (χ2n) is 14.8. The average molecular weight is 727 g/mol. The Bertz CT molecular complexity index is 1580. The standard InChI is InChI=1S/C39H51ClN2O9/c1-23(2)19-31-36(45)48-29(24(3)33-34(51-39(6,7)50-33)26-13-10-9-11-14-26)15-12-16-32(43)42-28(21-25-17-18-30(47-8)27(40)20-25)35(44)41-22-38(4,5)37(46)49-31/h9-14,16-18,20,23-24,28-29,31,33-34H,15,19,21-22H2,1-8H3,(H,41,44)(H,42,43)/b16-12+/t24-,28+,29-,31-,33+,34+/m0/s1. The zero-order valence-electron chi connectivity index (χ0n) is 30.7. The summed E-state index contributed by atoms with van der Waals surface area (Å²) in [5.74, 6) is -3.29. The molecule has 0 saturated carbocycles. The summed E-state index contributed by atoms with van der Waals surface area (Å²) in [6, 6.07) is 13.8. The van der Waals surface area contributed by atoms with Crippen molar-refractivity contribution >= 4 is 35.4 Å². The van der Waals surface area contributed by atoms with Crippen molar-refractivity contribution in [3.05, 3.63) is 76.8 Å². The molecule has 278 valence electrons. The van der Waals surface area contributed by atoms with Crippen molar-refractivity contribution in [3.63, 3.8) is 0 Å². The van der Waals surface area contributed by atoms with E-state index in [0.717, 1.165) is 5.56 Å². The van der Waals surface area contributed by atoms with Gasteiger partial charge in [-0.05, 0) is 69.4 Å². The summed E-state index contributed by atoms with van der Waals surface area (Å²) < 4.78 is 30.0. The Hall–Kier alpha value is -3.93. The zero-order valence-corrected chi connectivity index (χ0v) is 31.5. The van der Waals surface area contributed by atoms with Gasteiger partial charge in [0.25, 0.3) is 0 Å². The Morgan fingerprint density at radius 3 is 2.31 bits per heavy atom. The van der Waals surface area contributed by atoms with Gasteiger partial charge in [0.05, 0.1) is 23.7 Å². The van der Waals surface area contributed by atoms with Crippen molar-refractivity contribution in [3.8, 4) is 5.75 Å². The number of carbonyl (C=O) groups excluding carboxylic acids is 4. The first-order chi connectivity index (χ1) is 24.0. The predicted octanol–water partition coefficient (Wildman–Crippen LogP) is 5.88. The largest absolute Gasteiger partial charge is 0.495 e. The molecule has 0 radical (unpaired) electrons. The van der Waals surface area contributed by atoms with Gasteiger partial charge in [-0.2, -0.15) is 0 Å². The van der Waals surface area contributed by atoms with Crippen LogP contribution in [-0.2, 0) is 44.5 Å². The summed E-state index contributed by atoms with van der Waals surface area (Å²) in [5, 5.41) is 5.92. The Morgan fingerprint density at radius 2 is 1.67 bits per heavy atom. The summed E-state index contributed by atoms with van der Waals surface area (Å²) in [7, 11) is 1.50. The van der Waals surface area contributed by atoms with Crippen LogP contribution in [0.25, 0.3) is 0 Å². The number of benzene rings is 2. The molecule has 2 aromatic carbocycles. The third-order valence-electron chi connectivity index (χ3n) is 9.01. The van der Waals surface area contributed by atoms with Gasteiger partial charge >= 0.3 is 11.9 Å². The van der Waals surface area contributed by atoms with Crippen LogP contribution in [0.5, 0.6) is 5.75 Å². The van der Waals surface area contributed by atoms with Crippen LogP contribution < -0.4 is 15.4 Å². The molecule has 0 bridgehead atoms. The minimum atomic E-state index is -1.23. The van der Waals surface area contributed by atoms with E-state index in [1.807, 2.05) is 65.0 Å². The van der Waals surface area contributed by atoms with Gasteiger partial charge in [-0.15, -0.1) is 0 Å². The Kier molecular flexibility index (Phi) is 13.3. The molecule has 6 atom stereocenters. The summed E-state index contributed by atoms with van der Waals surface area (Å²) >= 11 is 6.34. The van der Waals surface area contributed by atoms with Crippen LogP contribution in [0.3, 0.4) is 0 Å². The lowest BCUT2D eigenvalue weighted by Crippen LogP contribution is -2.51. The van der Waals surface area contributed by atoms with Gasteiger partial charge in [-0.3, -0.25) is 14.4 Å². The van der Waals surface area contributed by atoms with Crippen LogP contribution in [0.2, 0.25) is 5.02 Å². The number of amides is 2. The van der Waals surface area contributed by atoms with Crippen molar-refractivity contribution in [2.45, 2.75) is 104 Å². The molecular formula is C39H51ClN2O9. The highest BCUT2D eigenvalue weighted by molar-refractivity contribution is 6.32. The maximum Gasteiger partial charge on any atom is 0.347 e. The lowest BCUT2D eigenvalue weighted by molar-refractivity contribution is -0.182. The maximum atomic E-state index is 13.8. The Balaban J connectivity index is 1.68. The number of halogens is 1. The smallest absolute Gasteiger partial charge is 0.347 e. The Morgan fingerprint density at radius 1 is 0.961 bits per heavy atom. The highest BCUT2D eigenvalue weighted by atomic mass is 35.5. The van der Waals surface area contributed by atoms with Crippen molar-refractivity contribution in [2.24, 2.45) is 17.3 Å². The highest BCUT2D eigenvalue weighted by Crippen LogP contribution is 2.43. The van der Waals surface area contributed by atoms with Gasteiger partial charge in [-0.1, -0.05) is 74.8 Å². The lowest BCUT2D eigenvalue weighted by atomic mass is 9.89. The van der Waals surface area contributed by atoms with Crippen molar-refractivity contribution in [1.29, 1.82) is 0 Å². The first kappa shape index (κ1) is 39.8. The number of nitrogens with one attached hydrogen (secondary N) is 2. The molecule has 0 spiro atoms. The summed E-state index contributed by atoms with van der Waals surface area (Å²) in [6.45, 7) is 12.5. The molecule has 4 rings (SSSR count). The number of rotatable bonds is 8. The third-order valence-corrected chi connectivity index (χ3v) is 9.31. The van der Waals surface area contributed by atoms with Gasteiger partial charge in [0.1, 0.15) is 24.0 Å². The van der Waals surface area contributed by atoms with E-state index < -0.39 is 71.3 Å². The molecule has 12 heteroatoms. The summed E-state index contributed by atoms with van der Waals surface area (Å²) in [4.78, 5) is 54.3. The van der Waals surface area contributed by atoms with E-state index >= 15 is 0 Å². The van der Waals surface area contributed by atoms with Crippen LogP contribution in [0.15, 0.2) is 60.7 Å². The summed E-state index contributed by atoms with van der Waals surface area (Å²) in [6.07, 6.45) is 0.398. The molecule has 2 heterocycles. The molecule has 0 unspecified atom stereocenters. The van der Waals surface area contributed by atoms with E-state index in [1.54, 1.807) is 38.1 Å². The molecule has 2 N–H and O–H groups in total. The van der Waals surface area contributed by atoms with Crippen LogP contribution in [0, 0.1) is 17.3 Å². The predicted molar refractivity (Wildman–Crippen MR) is 192 cm³/mol. The number of ether oxygens (including phenoxy) is 5. The fourth-order valence-corrected chi connectivity index (χ4v) is 6.38. The zero-order chi connectivity index (χ0) is 37.5. The average Bonchev–Trinajstić information content (AvgIpc) is 3.40. The molecule has 2 aliphatic rings. The van der Waals surface area contributed by atoms with E-state index in [1.165, 1.54) is 13.2 Å². The molecule has 1 saturated heterocycles. The van der Waals surface area contributed by atoms with E-state index in [4.69, 9.17) is 35.3 Å². The Labute approximate surface area is 305 Å². The molecule has 2 aliphatic heterocycles. The van der Waals surface area contributed by atoms with Gasteiger partial charge in [0.15, 0.2) is 11.9 Å². The quantitative estimate of drug-likeness (QED) is 0.320. The molecular weight excluding hydrogens is 676 g/mol.